The Kier molecular flexibility index (Phi) is 29.1. The van der Waals surface area contributed by atoms with Crippen LogP contribution < -0.4 is 5.32 Å². The molecule has 7 N–H and O–H groups in total. The van der Waals surface area contributed by atoms with E-state index in [2.05, 4.69) is 31.3 Å². The summed E-state index contributed by atoms with van der Waals surface area (Å²) in [6.07, 6.45) is 24.1. The molecule has 10 nitrogen and oxygen atoms in total. The topological polar surface area (TPSA) is 169 Å². The molecule has 0 bridgehead atoms. The minimum atomic E-state index is -1.61. The maximum Gasteiger partial charge on any atom is 0.249 e. The van der Waals surface area contributed by atoms with Crippen molar-refractivity contribution in [1.82, 2.24) is 5.32 Å². The van der Waals surface area contributed by atoms with Gasteiger partial charge in [0.2, 0.25) is 5.91 Å². The van der Waals surface area contributed by atoms with E-state index in [-0.39, 0.29) is 6.61 Å². The first-order chi connectivity index (χ1) is 24.3. The first-order valence-corrected chi connectivity index (χ1v) is 20.2. The lowest BCUT2D eigenvalue weighted by molar-refractivity contribution is -0.302. The van der Waals surface area contributed by atoms with E-state index in [4.69, 9.17) is 9.47 Å². The Bertz CT molecular complexity index is 855. The third kappa shape index (κ3) is 21.9. The summed E-state index contributed by atoms with van der Waals surface area (Å²) in [5.74, 6) is -0.628. The van der Waals surface area contributed by atoms with Gasteiger partial charge in [-0.25, -0.2) is 0 Å². The second kappa shape index (κ2) is 31.2. The standard InChI is InChI=1S/C40H75NO9/c1-3-5-7-9-11-13-15-17-19-20-22-24-26-28-33(43)32(31-49-40-38(47)37(46)36(45)35(30-42)50-40)41-39(48)34(44)29-27-25-23-21-18-16-14-12-10-8-6-4-2/h19-20,26,28,32-38,40,42-47H,3-18,21-25,27,29-31H2,1-2H3,(H,41,48)/b20-19+,28-26+/t32-,33-,34+,35+,36+,37+,38+,40+/m0/s1. The molecular weight excluding hydrogens is 638 g/mol. The molecule has 0 aromatic rings. The quantitative estimate of drug-likeness (QED) is 0.0320. The Morgan fingerprint density at radius 3 is 1.74 bits per heavy atom. The van der Waals surface area contributed by atoms with Crippen molar-refractivity contribution >= 4 is 5.91 Å². The van der Waals surface area contributed by atoms with Crippen molar-refractivity contribution in [2.24, 2.45) is 0 Å². The summed E-state index contributed by atoms with van der Waals surface area (Å²) in [6.45, 7) is 3.54. The van der Waals surface area contributed by atoms with Crippen LogP contribution in [-0.2, 0) is 14.3 Å². The molecular formula is C40H75NO9. The molecule has 1 saturated heterocycles. The maximum absolute atomic E-state index is 12.9. The number of aliphatic hydroxyl groups is 6. The van der Waals surface area contributed by atoms with Crippen LogP contribution in [0.25, 0.3) is 0 Å². The number of aliphatic hydroxyl groups excluding tert-OH is 6. The van der Waals surface area contributed by atoms with Gasteiger partial charge >= 0.3 is 0 Å². The van der Waals surface area contributed by atoms with Gasteiger partial charge in [-0.1, -0.05) is 154 Å². The minimum absolute atomic E-state index is 0.306. The molecule has 1 aliphatic rings. The van der Waals surface area contributed by atoms with Gasteiger partial charge in [0.15, 0.2) is 6.29 Å². The molecule has 1 amide bonds. The van der Waals surface area contributed by atoms with Gasteiger partial charge in [0.25, 0.3) is 0 Å². The highest BCUT2D eigenvalue weighted by Gasteiger charge is 2.44. The summed E-state index contributed by atoms with van der Waals surface area (Å²) >= 11 is 0. The summed E-state index contributed by atoms with van der Waals surface area (Å²) in [6, 6.07) is -0.990. The molecule has 0 unspecified atom stereocenters. The van der Waals surface area contributed by atoms with Crippen LogP contribution in [0.15, 0.2) is 24.3 Å². The summed E-state index contributed by atoms with van der Waals surface area (Å²) in [5.41, 5.74) is 0. The molecule has 50 heavy (non-hydrogen) atoms. The van der Waals surface area contributed by atoms with E-state index in [0.29, 0.717) is 19.3 Å². The number of unbranched alkanes of at least 4 members (excludes halogenated alkanes) is 19. The summed E-state index contributed by atoms with van der Waals surface area (Å²) in [5, 5.41) is 64.3. The lowest BCUT2D eigenvalue weighted by atomic mass is 9.99. The molecule has 0 aliphatic carbocycles. The van der Waals surface area contributed by atoms with E-state index in [1.54, 1.807) is 6.08 Å². The van der Waals surface area contributed by atoms with Crippen molar-refractivity contribution in [3.8, 4) is 0 Å². The molecule has 0 aromatic heterocycles. The van der Waals surface area contributed by atoms with Crippen LogP contribution in [0.4, 0.5) is 0 Å². The zero-order valence-corrected chi connectivity index (χ0v) is 31.5. The Hall–Kier alpha value is -1.37. The van der Waals surface area contributed by atoms with Crippen LogP contribution in [0.3, 0.4) is 0 Å². The van der Waals surface area contributed by atoms with Crippen LogP contribution in [0, 0.1) is 0 Å². The van der Waals surface area contributed by atoms with E-state index in [1.807, 2.05) is 6.08 Å². The number of hydrogen-bond donors (Lipinski definition) is 7. The number of carbonyl (C=O) groups is 1. The van der Waals surface area contributed by atoms with E-state index in [1.165, 1.54) is 96.3 Å². The second-order valence-electron chi connectivity index (χ2n) is 14.2. The molecule has 294 valence electrons. The summed E-state index contributed by atoms with van der Waals surface area (Å²) in [7, 11) is 0. The third-order valence-corrected chi connectivity index (χ3v) is 9.64. The lowest BCUT2D eigenvalue weighted by Gasteiger charge is -2.40. The number of nitrogens with one attached hydrogen (secondary N) is 1. The zero-order valence-electron chi connectivity index (χ0n) is 31.5. The highest BCUT2D eigenvalue weighted by atomic mass is 16.7. The van der Waals surface area contributed by atoms with Gasteiger partial charge in [-0.2, -0.15) is 0 Å². The van der Waals surface area contributed by atoms with Gasteiger partial charge in [0, 0.05) is 0 Å². The number of ether oxygens (including phenoxy) is 2. The Balaban J connectivity index is 2.54. The first kappa shape index (κ1) is 46.7. The molecule has 0 radical (unpaired) electrons. The Labute approximate surface area is 303 Å². The highest BCUT2D eigenvalue weighted by Crippen LogP contribution is 2.22. The molecule has 10 heteroatoms. The SMILES string of the molecule is CCCCCCCCC/C=C/CC/C=C/[C@H](O)[C@H](CO[C@@H]1O[C@H](CO)[C@@H](O)[C@@H](O)[C@H]1O)NC(=O)[C@H](O)CCCCCCCCCCCCCC. The van der Waals surface area contributed by atoms with Crippen molar-refractivity contribution in [2.75, 3.05) is 13.2 Å². The molecule has 0 saturated carbocycles. The molecule has 1 heterocycles. The molecule has 1 fully saturated rings. The van der Waals surface area contributed by atoms with E-state index in [0.717, 1.165) is 32.1 Å². The largest absolute Gasteiger partial charge is 0.394 e. The maximum atomic E-state index is 12.9. The van der Waals surface area contributed by atoms with Gasteiger partial charge in [-0.05, 0) is 32.1 Å². The monoisotopic (exact) mass is 714 g/mol. The number of allylic oxidation sites excluding steroid dienone is 3. The predicted octanol–water partition coefficient (Wildman–Crippen LogP) is 6.13. The third-order valence-electron chi connectivity index (χ3n) is 9.64. The summed E-state index contributed by atoms with van der Waals surface area (Å²) < 4.78 is 11.1. The van der Waals surface area contributed by atoms with Gasteiger partial charge in [-0.3, -0.25) is 4.79 Å². The van der Waals surface area contributed by atoms with Crippen molar-refractivity contribution in [3.63, 3.8) is 0 Å². The van der Waals surface area contributed by atoms with Gasteiger partial charge in [0.05, 0.1) is 25.4 Å². The fourth-order valence-electron chi connectivity index (χ4n) is 6.24. The molecule has 8 atom stereocenters. The van der Waals surface area contributed by atoms with Crippen LogP contribution in [0.1, 0.15) is 162 Å². The number of rotatable bonds is 32. The Morgan fingerprint density at radius 2 is 1.18 bits per heavy atom. The van der Waals surface area contributed by atoms with Gasteiger partial charge in [0.1, 0.15) is 30.5 Å². The van der Waals surface area contributed by atoms with Crippen LogP contribution >= 0.6 is 0 Å². The highest BCUT2D eigenvalue weighted by molar-refractivity contribution is 5.80. The smallest absolute Gasteiger partial charge is 0.249 e. The number of amides is 1. The first-order valence-electron chi connectivity index (χ1n) is 20.2. The number of carbonyl (C=O) groups excluding carboxylic acids is 1. The predicted molar refractivity (Wildman–Crippen MR) is 199 cm³/mol. The van der Waals surface area contributed by atoms with Crippen molar-refractivity contribution in [3.05, 3.63) is 24.3 Å². The van der Waals surface area contributed by atoms with Crippen molar-refractivity contribution in [1.29, 1.82) is 0 Å². The molecule has 1 aliphatic heterocycles. The molecule has 0 spiro atoms. The summed E-state index contributed by atoms with van der Waals surface area (Å²) in [4.78, 5) is 12.9. The molecule has 1 rings (SSSR count). The van der Waals surface area contributed by atoms with Crippen molar-refractivity contribution < 1.29 is 44.9 Å². The van der Waals surface area contributed by atoms with E-state index >= 15 is 0 Å². The lowest BCUT2D eigenvalue weighted by Crippen LogP contribution is -2.60. The van der Waals surface area contributed by atoms with Gasteiger partial charge in [-0.15, -0.1) is 0 Å². The van der Waals surface area contributed by atoms with Crippen LogP contribution in [0.2, 0.25) is 0 Å². The number of hydrogen-bond acceptors (Lipinski definition) is 9. The second-order valence-corrected chi connectivity index (χ2v) is 14.2. The van der Waals surface area contributed by atoms with Gasteiger partial charge < -0.3 is 45.4 Å². The zero-order chi connectivity index (χ0) is 36.8. The van der Waals surface area contributed by atoms with Crippen LogP contribution in [-0.4, -0.2) is 98.7 Å². The van der Waals surface area contributed by atoms with Crippen molar-refractivity contribution in [2.45, 2.75) is 210 Å². The van der Waals surface area contributed by atoms with E-state index in [9.17, 15) is 35.4 Å². The normalized spacial score (nSPS) is 23.1. The fraction of sp³-hybridized carbons (Fsp3) is 0.875. The average molecular weight is 714 g/mol. The molecule has 0 aromatic carbocycles. The Morgan fingerprint density at radius 1 is 0.680 bits per heavy atom. The van der Waals surface area contributed by atoms with Crippen LogP contribution in [0.5, 0.6) is 0 Å². The average Bonchev–Trinajstić information content (AvgIpc) is 3.11. The van der Waals surface area contributed by atoms with E-state index < -0.39 is 61.5 Å². The minimum Gasteiger partial charge on any atom is -0.394 e. The fourth-order valence-corrected chi connectivity index (χ4v) is 6.24.